The number of rotatable bonds is 7. The SMILES string of the molecule is c1ccc2cc(-c3cc(-c4ccc5ccccc5c4)nc(-c4cc(-c5nc(-c6ccc7ccccc7c6)cc(-c6ccc7ccccc7c6)n5)cc(-c5nc6c7ccccc7c7ccccc7c6o5)c4)n3)ccc2c1. The molecule has 0 saturated carbocycles. The minimum absolute atomic E-state index is 0.468. The van der Waals surface area contributed by atoms with Gasteiger partial charge in [-0.3, -0.25) is 0 Å². The first-order valence-corrected chi connectivity index (χ1v) is 25.2. The lowest BCUT2D eigenvalue weighted by molar-refractivity contribution is 0.623. The van der Waals surface area contributed by atoms with E-state index in [1.165, 1.54) is 0 Å². The summed E-state index contributed by atoms with van der Waals surface area (Å²) in [5.41, 5.74) is 10.9. The summed E-state index contributed by atoms with van der Waals surface area (Å²) in [7, 11) is 0. The molecule has 3 heterocycles. The van der Waals surface area contributed by atoms with Gasteiger partial charge in [-0.25, -0.2) is 24.9 Å². The van der Waals surface area contributed by atoms with Crippen molar-refractivity contribution in [2.75, 3.05) is 0 Å². The molecule has 12 aromatic carbocycles. The Hall–Kier alpha value is -10.2. The summed E-state index contributed by atoms with van der Waals surface area (Å²) in [6.45, 7) is 0. The highest BCUT2D eigenvalue weighted by Crippen LogP contribution is 2.41. The Morgan fingerprint density at radius 1 is 0.227 bits per heavy atom. The highest BCUT2D eigenvalue weighted by molar-refractivity contribution is 6.23. The van der Waals surface area contributed by atoms with Gasteiger partial charge in [-0.2, -0.15) is 0 Å². The van der Waals surface area contributed by atoms with Crippen molar-refractivity contribution in [3.05, 3.63) is 249 Å². The average molecular weight is 956 g/mol. The summed E-state index contributed by atoms with van der Waals surface area (Å²) in [6, 6.07) is 87.1. The van der Waals surface area contributed by atoms with Crippen LogP contribution in [0.25, 0.3) is 155 Å². The van der Waals surface area contributed by atoms with Crippen molar-refractivity contribution in [3.8, 4) is 79.3 Å². The van der Waals surface area contributed by atoms with Gasteiger partial charge in [0.15, 0.2) is 17.2 Å². The van der Waals surface area contributed by atoms with E-state index in [1.807, 2.05) is 0 Å². The van der Waals surface area contributed by atoms with Crippen molar-refractivity contribution < 1.29 is 4.42 Å². The molecule has 0 saturated heterocycles. The van der Waals surface area contributed by atoms with E-state index in [0.29, 0.717) is 17.5 Å². The maximum atomic E-state index is 7.00. The largest absolute Gasteiger partial charge is 0.435 e. The molecule has 3 aromatic heterocycles. The lowest BCUT2D eigenvalue weighted by atomic mass is 9.99. The zero-order chi connectivity index (χ0) is 49.4. The van der Waals surface area contributed by atoms with E-state index in [1.54, 1.807) is 0 Å². The highest BCUT2D eigenvalue weighted by Gasteiger charge is 2.21. The Morgan fingerprint density at radius 3 is 0.947 bits per heavy atom. The van der Waals surface area contributed by atoms with Crippen LogP contribution in [-0.4, -0.2) is 24.9 Å². The molecule has 0 spiro atoms. The third-order valence-electron chi connectivity index (χ3n) is 14.6. The molecule has 348 valence electrons. The molecule has 0 bridgehead atoms. The van der Waals surface area contributed by atoms with Crippen LogP contribution < -0.4 is 0 Å². The van der Waals surface area contributed by atoms with Gasteiger partial charge in [-0.15, -0.1) is 0 Å². The minimum atomic E-state index is 0.468. The van der Waals surface area contributed by atoms with Crippen molar-refractivity contribution in [1.29, 1.82) is 0 Å². The zero-order valence-electron chi connectivity index (χ0n) is 40.3. The summed E-state index contributed by atoms with van der Waals surface area (Å²) < 4.78 is 7.00. The molecule has 75 heavy (non-hydrogen) atoms. The van der Waals surface area contributed by atoms with Gasteiger partial charge in [0, 0.05) is 49.7 Å². The molecule has 0 fully saturated rings. The molecular weight excluding hydrogens is 915 g/mol. The number of aromatic nitrogens is 5. The van der Waals surface area contributed by atoms with Gasteiger partial charge in [0.05, 0.1) is 22.8 Å². The standard InChI is InChI=1S/C69H41N5O/c1-5-17-46-33-50(29-25-42(46)13-1)61-40-62(51-30-26-43-14-2-6-18-47(43)34-51)71-67(70-61)54-37-55(39-56(38-54)69-74-65-59-23-11-9-21-57(59)58-22-10-12-24-60(58)66(65)75-69)68-72-63(52-31-27-44-15-3-7-19-48(44)35-52)41-64(73-68)53-32-28-45-16-4-8-20-49(45)36-53/h1-41H. The highest BCUT2D eigenvalue weighted by atomic mass is 16.3. The van der Waals surface area contributed by atoms with Crippen molar-refractivity contribution in [1.82, 2.24) is 24.9 Å². The summed E-state index contributed by atoms with van der Waals surface area (Å²) in [4.78, 5) is 27.2. The second kappa shape index (κ2) is 17.3. The Balaban J connectivity index is 0.995. The Morgan fingerprint density at radius 2 is 0.547 bits per heavy atom. The van der Waals surface area contributed by atoms with Crippen molar-refractivity contribution in [2.24, 2.45) is 0 Å². The summed E-state index contributed by atoms with van der Waals surface area (Å²) in [5, 5.41) is 13.4. The van der Waals surface area contributed by atoms with Crippen LogP contribution in [0.1, 0.15) is 0 Å². The zero-order valence-corrected chi connectivity index (χ0v) is 40.3. The quantitative estimate of drug-likeness (QED) is 0.148. The summed E-state index contributed by atoms with van der Waals surface area (Å²) in [5.74, 6) is 1.55. The van der Waals surface area contributed by atoms with Crippen molar-refractivity contribution in [3.63, 3.8) is 0 Å². The first-order chi connectivity index (χ1) is 37.1. The molecule has 0 radical (unpaired) electrons. The van der Waals surface area contributed by atoms with Gasteiger partial charge in [0.25, 0.3) is 0 Å². The summed E-state index contributed by atoms with van der Waals surface area (Å²) >= 11 is 0. The van der Waals surface area contributed by atoms with Gasteiger partial charge in [-0.05, 0) is 108 Å². The van der Waals surface area contributed by atoms with Crippen molar-refractivity contribution in [2.45, 2.75) is 0 Å². The van der Waals surface area contributed by atoms with Gasteiger partial charge in [0.2, 0.25) is 5.89 Å². The number of hydrogen-bond acceptors (Lipinski definition) is 6. The van der Waals surface area contributed by atoms with E-state index >= 15 is 0 Å². The maximum Gasteiger partial charge on any atom is 0.227 e. The number of hydrogen-bond donors (Lipinski definition) is 0. The van der Waals surface area contributed by atoms with E-state index in [2.05, 4.69) is 249 Å². The molecule has 6 heteroatoms. The van der Waals surface area contributed by atoms with Gasteiger partial charge in [-0.1, -0.05) is 194 Å². The second-order valence-corrected chi connectivity index (χ2v) is 19.3. The smallest absolute Gasteiger partial charge is 0.227 e. The number of oxazole rings is 1. The molecule has 15 rings (SSSR count). The minimum Gasteiger partial charge on any atom is -0.435 e. The van der Waals surface area contributed by atoms with E-state index in [4.69, 9.17) is 29.3 Å². The fraction of sp³-hybridized carbons (Fsp3) is 0. The van der Waals surface area contributed by atoms with Gasteiger partial charge >= 0.3 is 0 Å². The number of benzene rings is 12. The Bertz CT molecular complexity index is 4310. The second-order valence-electron chi connectivity index (χ2n) is 19.3. The predicted octanol–water partition coefficient (Wildman–Crippen LogP) is 18.0. The van der Waals surface area contributed by atoms with E-state index in [9.17, 15) is 0 Å². The molecule has 0 aliphatic rings. The van der Waals surface area contributed by atoms with Crippen LogP contribution in [0.2, 0.25) is 0 Å². The van der Waals surface area contributed by atoms with Crippen LogP contribution in [0, 0.1) is 0 Å². The summed E-state index contributed by atoms with van der Waals surface area (Å²) in [6.07, 6.45) is 0. The van der Waals surface area contributed by atoms with Crippen LogP contribution in [0.3, 0.4) is 0 Å². The molecule has 6 nitrogen and oxygen atoms in total. The molecule has 0 atom stereocenters. The fourth-order valence-electron chi connectivity index (χ4n) is 10.8. The van der Waals surface area contributed by atoms with Crippen LogP contribution in [-0.2, 0) is 0 Å². The first kappa shape index (κ1) is 42.5. The molecule has 0 aliphatic heterocycles. The van der Waals surface area contributed by atoms with Crippen LogP contribution in [0.15, 0.2) is 253 Å². The van der Waals surface area contributed by atoms with Crippen LogP contribution in [0.4, 0.5) is 0 Å². The molecule has 0 unspecified atom stereocenters. The van der Waals surface area contributed by atoms with Gasteiger partial charge < -0.3 is 4.42 Å². The third kappa shape index (κ3) is 7.55. The lowest BCUT2D eigenvalue weighted by Crippen LogP contribution is -1.99. The average Bonchev–Trinajstić information content (AvgIpc) is 3.98. The van der Waals surface area contributed by atoms with E-state index in [0.717, 1.165) is 137 Å². The van der Waals surface area contributed by atoms with Crippen LogP contribution >= 0.6 is 0 Å². The fourth-order valence-corrected chi connectivity index (χ4v) is 10.8. The Labute approximate surface area is 430 Å². The molecule has 15 aromatic rings. The molecular formula is C69H41N5O. The van der Waals surface area contributed by atoms with E-state index in [-0.39, 0.29) is 0 Å². The maximum absolute atomic E-state index is 7.00. The third-order valence-corrected chi connectivity index (χ3v) is 14.6. The first-order valence-electron chi connectivity index (χ1n) is 25.2. The number of fused-ring (bicyclic) bond motifs is 10. The van der Waals surface area contributed by atoms with Crippen LogP contribution in [0.5, 0.6) is 0 Å². The Kier molecular flexibility index (Phi) is 9.78. The van der Waals surface area contributed by atoms with Crippen molar-refractivity contribution >= 4 is 75.7 Å². The topological polar surface area (TPSA) is 77.6 Å². The monoisotopic (exact) mass is 955 g/mol. The van der Waals surface area contributed by atoms with Gasteiger partial charge in [0.1, 0.15) is 5.52 Å². The predicted molar refractivity (Wildman–Crippen MR) is 308 cm³/mol. The normalized spacial score (nSPS) is 11.7. The number of nitrogens with zero attached hydrogens (tertiary/aromatic N) is 5. The molecule has 0 amide bonds. The molecule has 0 aliphatic carbocycles. The molecule has 0 N–H and O–H groups in total. The lowest BCUT2D eigenvalue weighted by Gasteiger charge is -2.14. The van der Waals surface area contributed by atoms with E-state index < -0.39 is 0 Å².